The second-order valence-corrected chi connectivity index (χ2v) is 5.38. The minimum absolute atomic E-state index is 0.445. The summed E-state index contributed by atoms with van der Waals surface area (Å²) >= 11 is 0. The molecule has 0 radical (unpaired) electrons. The first kappa shape index (κ1) is 12.3. The van der Waals surface area contributed by atoms with Gasteiger partial charge in [-0.1, -0.05) is 24.1 Å². The highest BCUT2D eigenvalue weighted by atomic mass is 16.1. The van der Waals surface area contributed by atoms with E-state index in [-0.39, 0.29) is 0 Å². The van der Waals surface area contributed by atoms with Gasteiger partial charge in [0, 0.05) is 12.8 Å². The summed E-state index contributed by atoms with van der Waals surface area (Å²) in [7, 11) is 2.05. The molecule has 1 unspecified atom stereocenters. The smallest absolute Gasteiger partial charge is 0.233 e. The summed E-state index contributed by atoms with van der Waals surface area (Å²) in [5.41, 5.74) is 2.37. The lowest BCUT2D eigenvalue weighted by atomic mass is 9.92. The lowest BCUT2D eigenvalue weighted by molar-refractivity contribution is -0.118. The molecule has 2 heteroatoms. The molecule has 1 aromatic carbocycles. The van der Waals surface area contributed by atoms with Crippen LogP contribution >= 0.6 is 0 Å². The Bertz CT molecular complexity index is 378. The standard InChI is InChI=1S/C15H22NO/c1-13-8-10-15(11-9-13)16(2,12-17)14-6-4-3-5-7-14/h8-12,14H,3-7H2,1-2H3/q+1. The molecule has 0 heterocycles. The Morgan fingerprint density at radius 1 is 1.12 bits per heavy atom. The fourth-order valence-corrected chi connectivity index (χ4v) is 2.84. The Hall–Kier alpha value is -1.15. The van der Waals surface area contributed by atoms with E-state index in [2.05, 4.69) is 31.2 Å². The zero-order valence-corrected chi connectivity index (χ0v) is 10.9. The van der Waals surface area contributed by atoms with Crippen LogP contribution in [0, 0.1) is 6.92 Å². The van der Waals surface area contributed by atoms with Crippen molar-refractivity contribution in [3.63, 3.8) is 0 Å². The predicted molar refractivity (Wildman–Crippen MR) is 71.8 cm³/mol. The molecule has 2 nitrogen and oxygen atoms in total. The number of nitrogens with zero attached hydrogens (tertiary/aromatic N) is 1. The molecule has 0 spiro atoms. The summed E-state index contributed by atoms with van der Waals surface area (Å²) in [6.45, 7) is 2.08. The molecule has 92 valence electrons. The first-order valence-corrected chi connectivity index (χ1v) is 6.56. The fourth-order valence-electron chi connectivity index (χ4n) is 2.84. The molecule has 0 aromatic heterocycles. The predicted octanol–water partition coefficient (Wildman–Crippen LogP) is 3.42. The van der Waals surface area contributed by atoms with Gasteiger partial charge >= 0.3 is 6.41 Å². The van der Waals surface area contributed by atoms with Gasteiger partial charge in [-0.05, 0) is 31.9 Å². The summed E-state index contributed by atoms with van der Waals surface area (Å²) in [6.07, 6.45) is 7.30. The second-order valence-electron chi connectivity index (χ2n) is 5.38. The molecular formula is C15H22NO+. The van der Waals surface area contributed by atoms with Crippen molar-refractivity contribution in [3.8, 4) is 0 Å². The first-order chi connectivity index (χ1) is 8.16. The lowest BCUT2D eigenvalue weighted by Crippen LogP contribution is -2.53. The number of benzene rings is 1. The van der Waals surface area contributed by atoms with Gasteiger partial charge in [-0.25, -0.2) is 9.28 Å². The van der Waals surface area contributed by atoms with Crippen LogP contribution in [0.4, 0.5) is 5.69 Å². The van der Waals surface area contributed by atoms with Crippen molar-refractivity contribution in [2.24, 2.45) is 0 Å². The van der Waals surface area contributed by atoms with Crippen LogP contribution in [0.2, 0.25) is 0 Å². The highest BCUT2D eigenvalue weighted by Crippen LogP contribution is 2.31. The number of amides is 1. The Labute approximate surface area is 104 Å². The summed E-state index contributed by atoms with van der Waals surface area (Å²) in [5, 5.41) is 0. The minimum atomic E-state index is 0.445. The zero-order valence-electron chi connectivity index (χ0n) is 10.9. The molecular weight excluding hydrogens is 210 g/mol. The van der Waals surface area contributed by atoms with Gasteiger partial charge in [-0.2, -0.15) is 0 Å². The normalized spacial score (nSPS) is 20.8. The molecule has 0 bridgehead atoms. The van der Waals surface area contributed by atoms with Crippen molar-refractivity contribution in [1.82, 2.24) is 4.48 Å². The quantitative estimate of drug-likeness (QED) is 0.576. The van der Waals surface area contributed by atoms with Gasteiger partial charge in [0.05, 0.1) is 7.05 Å². The van der Waals surface area contributed by atoms with E-state index in [1.54, 1.807) is 0 Å². The third-order valence-corrected chi connectivity index (χ3v) is 4.14. The second kappa shape index (κ2) is 5.01. The largest absolute Gasteiger partial charge is 0.306 e. The van der Waals surface area contributed by atoms with Crippen molar-refractivity contribution in [2.45, 2.75) is 45.1 Å². The number of rotatable bonds is 3. The third-order valence-electron chi connectivity index (χ3n) is 4.14. The van der Waals surface area contributed by atoms with Crippen LogP contribution in [-0.2, 0) is 4.79 Å². The van der Waals surface area contributed by atoms with Gasteiger partial charge in [0.15, 0.2) is 0 Å². The van der Waals surface area contributed by atoms with Crippen LogP contribution in [0.1, 0.15) is 37.7 Å². The van der Waals surface area contributed by atoms with Gasteiger partial charge in [0.1, 0.15) is 11.7 Å². The maximum Gasteiger partial charge on any atom is 0.306 e. The lowest BCUT2D eigenvalue weighted by Gasteiger charge is -2.37. The van der Waals surface area contributed by atoms with Crippen LogP contribution < -0.4 is 4.48 Å². The van der Waals surface area contributed by atoms with Crippen molar-refractivity contribution >= 4 is 12.1 Å². The third kappa shape index (κ3) is 2.42. The fraction of sp³-hybridized carbons (Fsp3) is 0.533. The van der Waals surface area contributed by atoms with E-state index < -0.39 is 0 Å². The number of quaternary nitrogens is 1. The monoisotopic (exact) mass is 232 g/mol. The van der Waals surface area contributed by atoms with Crippen molar-refractivity contribution in [1.29, 1.82) is 0 Å². The Balaban J connectivity index is 2.28. The van der Waals surface area contributed by atoms with Crippen LogP contribution in [0.5, 0.6) is 0 Å². The van der Waals surface area contributed by atoms with Gasteiger partial charge < -0.3 is 0 Å². The molecule has 0 aliphatic heterocycles. The number of hydrogen-bond acceptors (Lipinski definition) is 1. The Morgan fingerprint density at radius 2 is 1.71 bits per heavy atom. The van der Waals surface area contributed by atoms with Crippen LogP contribution in [0.25, 0.3) is 0 Å². The van der Waals surface area contributed by atoms with Crippen LogP contribution in [0.3, 0.4) is 0 Å². The van der Waals surface area contributed by atoms with E-state index in [0.29, 0.717) is 10.5 Å². The molecule has 1 aliphatic rings. The first-order valence-electron chi connectivity index (χ1n) is 6.56. The van der Waals surface area contributed by atoms with E-state index in [1.807, 2.05) is 7.05 Å². The van der Waals surface area contributed by atoms with Gasteiger partial charge in [-0.15, -0.1) is 0 Å². The molecule has 1 aromatic rings. The Kier molecular flexibility index (Phi) is 3.63. The van der Waals surface area contributed by atoms with E-state index in [4.69, 9.17) is 0 Å². The van der Waals surface area contributed by atoms with Gasteiger partial charge in [0.2, 0.25) is 0 Å². The topological polar surface area (TPSA) is 17.1 Å². The minimum Gasteiger partial charge on any atom is -0.233 e. The SMILES string of the molecule is Cc1ccc([N+](C)(C=O)C2CCCCC2)cc1. The van der Waals surface area contributed by atoms with Crippen LogP contribution in [0.15, 0.2) is 24.3 Å². The van der Waals surface area contributed by atoms with E-state index in [0.717, 1.165) is 12.1 Å². The van der Waals surface area contributed by atoms with Crippen LogP contribution in [-0.4, -0.2) is 19.5 Å². The van der Waals surface area contributed by atoms with Gasteiger partial charge in [0.25, 0.3) is 0 Å². The molecule has 1 fully saturated rings. The Morgan fingerprint density at radius 3 is 2.24 bits per heavy atom. The van der Waals surface area contributed by atoms with Gasteiger partial charge in [-0.3, -0.25) is 0 Å². The maximum absolute atomic E-state index is 11.6. The van der Waals surface area contributed by atoms with Crippen molar-refractivity contribution < 1.29 is 4.79 Å². The molecule has 2 rings (SSSR count). The molecule has 1 amide bonds. The molecule has 1 saturated carbocycles. The summed E-state index contributed by atoms with van der Waals surface area (Å²) < 4.78 is 0.445. The summed E-state index contributed by atoms with van der Waals surface area (Å²) in [5.74, 6) is 0. The van der Waals surface area contributed by atoms with Crippen molar-refractivity contribution in [2.75, 3.05) is 7.05 Å². The average molecular weight is 232 g/mol. The number of carbonyl (C=O) groups excluding carboxylic acids is 1. The van der Waals surface area contributed by atoms with Crippen molar-refractivity contribution in [3.05, 3.63) is 29.8 Å². The summed E-state index contributed by atoms with van der Waals surface area (Å²) in [6, 6.07) is 8.84. The molecule has 17 heavy (non-hydrogen) atoms. The molecule has 1 atom stereocenters. The molecule has 0 saturated heterocycles. The molecule has 0 N–H and O–H groups in total. The van der Waals surface area contributed by atoms with E-state index >= 15 is 0 Å². The highest BCUT2D eigenvalue weighted by molar-refractivity contribution is 5.69. The number of hydrogen-bond donors (Lipinski definition) is 0. The zero-order chi connectivity index (χ0) is 12.3. The van der Waals surface area contributed by atoms with E-state index in [9.17, 15) is 4.79 Å². The average Bonchev–Trinajstić information content (AvgIpc) is 2.40. The highest BCUT2D eigenvalue weighted by Gasteiger charge is 2.35. The number of carbonyl (C=O) groups is 1. The van der Waals surface area contributed by atoms with E-state index in [1.165, 1.54) is 37.7 Å². The summed E-state index contributed by atoms with van der Waals surface area (Å²) in [4.78, 5) is 11.6. The maximum atomic E-state index is 11.6. The number of aryl methyl sites for hydroxylation is 1. The molecule has 1 aliphatic carbocycles.